The summed E-state index contributed by atoms with van der Waals surface area (Å²) in [6.45, 7) is 5.10. The highest BCUT2D eigenvalue weighted by molar-refractivity contribution is 5.48. The Bertz CT molecular complexity index is 391. The number of aryl methyl sites for hydroxylation is 1. The second kappa shape index (κ2) is 6.00. The van der Waals surface area contributed by atoms with Gasteiger partial charge in [0.15, 0.2) is 0 Å². The van der Waals surface area contributed by atoms with Crippen LogP contribution in [0.15, 0.2) is 6.07 Å². The van der Waals surface area contributed by atoms with Gasteiger partial charge in [-0.3, -0.25) is 0 Å². The number of aliphatic hydroxyl groups is 1. The van der Waals surface area contributed by atoms with Crippen molar-refractivity contribution in [2.24, 2.45) is 0 Å². The summed E-state index contributed by atoms with van der Waals surface area (Å²) in [6, 6.07) is 2.29. The van der Waals surface area contributed by atoms with Gasteiger partial charge in [0.05, 0.1) is 6.10 Å². The number of aromatic nitrogens is 2. The van der Waals surface area contributed by atoms with Crippen LogP contribution in [0.4, 0.5) is 11.6 Å². The Morgan fingerprint density at radius 2 is 2.00 bits per heavy atom. The summed E-state index contributed by atoms with van der Waals surface area (Å²) < 4.78 is 0. The van der Waals surface area contributed by atoms with Crippen LogP contribution in [-0.4, -0.2) is 33.8 Å². The van der Waals surface area contributed by atoms with Crippen molar-refractivity contribution in [1.82, 2.24) is 9.97 Å². The van der Waals surface area contributed by atoms with Gasteiger partial charge in [-0.1, -0.05) is 13.8 Å². The minimum absolute atomic E-state index is 0.146. The van der Waals surface area contributed by atoms with Crippen LogP contribution < -0.4 is 10.6 Å². The Labute approximate surface area is 108 Å². The van der Waals surface area contributed by atoms with Crippen LogP contribution in [0.1, 0.15) is 38.9 Å². The summed E-state index contributed by atoms with van der Waals surface area (Å²) in [5.41, 5.74) is 0. The Morgan fingerprint density at radius 3 is 2.61 bits per heavy atom. The van der Waals surface area contributed by atoms with E-state index in [1.165, 1.54) is 0 Å². The SMILES string of the molecule is CCCNc1cc(NC2CC(O)C2)nc(CC)n1. The lowest BCUT2D eigenvalue weighted by Crippen LogP contribution is -2.39. The highest BCUT2D eigenvalue weighted by Crippen LogP contribution is 2.24. The molecule has 18 heavy (non-hydrogen) atoms. The molecule has 1 heterocycles. The van der Waals surface area contributed by atoms with E-state index in [9.17, 15) is 5.11 Å². The van der Waals surface area contributed by atoms with Gasteiger partial charge in [-0.05, 0) is 19.3 Å². The van der Waals surface area contributed by atoms with Crippen LogP contribution in [0.3, 0.4) is 0 Å². The first-order chi connectivity index (χ1) is 8.71. The molecule has 0 atom stereocenters. The zero-order valence-corrected chi connectivity index (χ0v) is 11.1. The second-order valence-electron chi connectivity index (χ2n) is 4.80. The molecule has 1 saturated carbocycles. The quantitative estimate of drug-likeness (QED) is 0.718. The van der Waals surface area contributed by atoms with Gasteiger partial charge >= 0.3 is 0 Å². The van der Waals surface area contributed by atoms with Gasteiger partial charge in [0.2, 0.25) is 0 Å². The molecule has 1 aliphatic rings. The first-order valence-electron chi connectivity index (χ1n) is 6.77. The summed E-state index contributed by atoms with van der Waals surface area (Å²) >= 11 is 0. The lowest BCUT2D eigenvalue weighted by Gasteiger charge is -2.32. The van der Waals surface area contributed by atoms with E-state index in [0.717, 1.165) is 49.7 Å². The van der Waals surface area contributed by atoms with E-state index in [1.807, 2.05) is 6.07 Å². The number of nitrogens with zero attached hydrogens (tertiary/aromatic N) is 2. The molecule has 0 aliphatic heterocycles. The summed E-state index contributed by atoms with van der Waals surface area (Å²) in [6.07, 6.45) is 3.37. The van der Waals surface area contributed by atoms with Crippen molar-refractivity contribution < 1.29 is 5.11 Å². The zero-order chi connectivity index (χ0) is 13.0. The van der Waals surface area contributed by atoms with Crippen LogP contribution in [0, 0.1) is 0 Å². The molecular weight excluding hydrogens is 228 g/mol. The lowest BCUT2D eigenvalue weighted by atomic mass is 9.89. The van der Waals surface area contributed by atoms with Crippen LogP contribution in [0.2, 0.25) is 0 Å². The summed E-state index contributed by atoms with van der Waals surface area (Å²) in [4.78, 5) is 8.91. The van der Waals surface area contributed by atoms with E-state index in [4.69, 9.17) is 0 Å². The maximum atomic E-state index is 9.28. The molecule has 5 heteroatoms. The molecule has 0 spiro atoms. The minimum atomic E-state index is -0.146. The van der Waals surface area contributed by atoms with Gasteiger partial charge in [0.25, 0.3) is 0 Å². The standard InChI is InChI=1S/C13H22N4O/c1-3-5-14-12-8-13(17-11(4-2)16-12)15-9-6-10(18)7-9/h8-10,18H,3-7H2,1-2H3,(H2,14,15,16,17). The molecule has 0 radical (unpaired) electrons. The Hall–Kier alpha value is -1.36. The van der Waals surface area contributed by atoms with Crippen molar-refractivity contribution in [3.8, 4) is 0 Å². The molecule has 100 valence electrons. The largest absolute Gasteiger partial charge is 0.393 e. The average Bonchev–Trinajstić information content (AvgIpc) is 2.34. The van der Waals surface area contributed by atoms with E-state index in [1.54, 1.807) is 0 Å². The van der Waals surface area contributed by atoms with Crippen molar-refractivity contribution in [3.05, 3.63) is 11.9 Å². The number of aliphatic hydroxyl groups excluding tert-OH is 1. The smallest absolute Gasteiger partial charge is 0.132 e. The van der Waals surface area contributed by atoms with Crippen LogP contribution >= 0.6 is 0 Å². The van der Waals surface area contributed by atoms with Crippen molar-refractivity contribution >= 4 is 11.6 Å². The molecular formula is C13H22N4O. The molecule has 1 aromatic heterocycles. The molecule has 0 amide bonds. The van der Waals surface area contributed by atoms with Crippen LogP contribution in [0.25, 0.3) is 0 Å². The minimum Gasteiger partial charge on any atom is -0.393 e. The molecule has 0 unspecified atom stereocenters. The van der Waals surface area contributed by atoms with E-state index >= 15 is 0 Å². The molecule has 5 nitrogen and oxygen atoms in total. The Kier molecular flexibility index (Phi) is 4.36. The van der Waals surface area contributed by atoms with E-state index in [0.29, 0.717) is 6.04 Å². The third-order valence-electron chi connectivity index (χ3n) is 3.11. The van der Waals surface area contributed by atoms with Gasteiger partial charge in [-0.25, -0.2) is 9.97 Å². The molecule has 0 bridgehead atoms. The Morgan fingerprint density at radius 1 is 1.28 bits per heavy atom. The van der Waals surface area contributed by atoms with Gasteiger partial charge in [-0.2, -0.15) is 0 Å². The topological polar surface area (TPSA) is 70.1 Å². The monoisotopic (exact) mass is 250 g/mol. The highest BCUT2D eigenvalue weighted by Gasteiger charge is 2.27. The van der Waals surface area contributed by atoms with Gasteiger partial charge in [0.1, 0.15) is 17.5 Å². The fourth-order valence-electron chi connectivity index (χ4n) is 1.99. The van der Waals surface area contributed by atoms with Gasteiger partial charge < -0.3 is 15.7 Å². The van der Waals surface area contributed by atoms with Crippen molar-refractivity contribution in [2.45, 2.75) is 51.7 Å². The number of nitrogens with one attached hydrogen (secondary N) is 2. The molecule has 1 aromatic rings. The summed E-state index contributed by atoms with van der Waals surface area (Å²) in [7, 11) is 0. The van der Waals surface area contributed by atoms with E-state index < -0.39 is 0 Å². The number of hydrogen-bond donors (Lipinski definition) is 3. The van der Waals surface area contributed by atoms with Gasteiger partial charge in [0, 0.05) is 25.1 Å². The maximum Gasteiger partial charge on any atom is 0.132 e. The third-order valence-corrected chi connectivity index (χ3v) is 3.11. The van der Waals surface area contributed by atoms with E-state index in [2.05, 4.69) is 34.4 Å². The normalized spacial score (nSPS) is 22.4. The molecule has 1 fully saturated rings. The van der Waals surface area contributed by atoms with Crippen molar-refractivity contribution in [2.75, 3.05) is 17.2 Å². The molecule has 0 saturated heterocycles. The second-order valence-corrected chi connectivity index (χ2v) is 4.80. The average molecular weight is 250 g/mol. The number of hydrogen-bond acceptors (Lipinski definition) is 5. The predicted molar refractivity (Wildman–Crippen MR) is 72.8 cm³/mol. The molecule has 0 aromatic carbocycles. The zero-order valence-electron chi connectivity index (χ0n) is 11.1. The maximum absolute atomic E-state index is 9.28. The lowest BCUT2D eigenvalue weighted by molar-refractivity contribution is 0.0835. The summed E-state index contributed by atoms with van der Waals surface area (Å²) in [5.74, 6) is 2.59. The first-order valence-corrected chi connectivity index (χ1v) is 6.77. The number of rotatable bonds is 6. The van der Waals surface area contributed by atoms with Crippen molar-refractivity contribution in [1.29, 1.82) is 0 Å². The van der Waals surface area contributed by atoms with E-state index in [-0.39, 0.29) is 6.10 Å². The van der Waals surface area contributed by atoms with Crippen molar-refractivity contribution in [3.63, 3.8) is 0 Å². The van der Waals surface area contributed by atoms with Gasteiger partial charge in [-0.15, -0.1) is 0 Å². The fraction of sp³-hybridized carbons (Fsp3) is 0.692. The third kappa shape index (κ3) is 3.32. The number of anilines is 2. The molecule has 3 N–H and O–H groups in total. The summed E-state index contributed by atoms with van der Waals surface area (Å²) in [5, 5.41) is 15.9. The first kappa shape index (κ1) is 13.1. The molecule has 2 rings (SSSR count). The van der Waals surface area contributed by atoms with Crippen LogP contribution in [-0.2, 0) is 6.42 Å². The highest BCUT2D eigenvalue weighted by atomic mass is 16.3. The van der Waals surface area contributed by atoms with Crippen LogP contribution in [0.5, 0.6) is 0 Å². The molecule has 1 aliphatic carbocycles. The Balaban J connectivity index is 2.03. The predicted octanol–water partition coefficient (Wildman–Crippen LogP) is 1.80. The fourth-order valence-corrected chi connectivity index (χ4v) is 1.99.